The van der Waals surface area contributed by atoms with Crippen LogP contribution in [0.4, 0.5) is 0 Å². The molecule has 2 aromatic carbocycles. The lowest BCUT2D eigenvalue weighted by Gasteiger charge is -2.14. The third kappa shape index (κ3) is 3.36. The molecule has 0 unspecified atom stereocenters. The SMILES string of the molecule is COc1ccncc1-c1ccc(C#N)cc1OCc1ccccc1. The van der Waals surface area contributed by atoms with Crippen molar-refractivity contribution in [2.75, 3.05) is 7.11 Å². The molecule has 0 N–H and O–H groups in total. The second-order valence-corrected chi connectivity index (χ2v) is 5.17. The zero-order chi connectivity index (χ0) is 16.8. The summed E-state index contributed by atoms with van der Waals surface area (Å²) in [6.07, 6.45) is 3.41. The molecular formula is C20H16N2O2. The minimum atomic E-state index is 0.422. The number of rotatable bonds is 5. The van der Waals surface area contributed by atoms with Crippen molar-refractivity contribution >= 4 is 0 Å². The molecule has 0 radical (unpaired) electrons. The van der Waals surface area contributed by atoms with Gasteiger partial charge in [-0.15, -0.1) is 0 Å². The van der Waals surface area contributed by atoms with E-state index < -0.39 is 0 Å². The van der Waals surface area contributed by atoms with E-state index in [9.17, 15) is 0 Å². The highest BCUT2D eigenvalue weighted by Crippen LogP contribution is 2.36. The lowest BCUT2D eigenvalue weighted by atomic mass is 10.0. The molecule has 0 aliphatic heterocycles. The van der Waals surface area contributed by atoms with Crippen molar-refractivity contribution in [1.82, 2.24) is 4.98 Å². The molecule has 4 heteroatoms. The smallest absolute Gasteiger partial charge is 0.129 e. The van der Waals surface area contributed by atoms with E-state index in [1.807, 2.05) is 36.4 Å². The van der Waals surface area contributed by atoms with Crippen LogP contribution in [0.25, 0.3) is 11.1 Å². The summed E-state index contributed by atoms with van der Waals surface area (Å²) < 4.78 is 11.4. The standard InChI is InChI=1S/C20H16N2O2/c1-23-19-9-10-22-13-18(19)17-8-7-16(12-21)11-20(17)24-14-15-5-3-2-4-6-15/h2-11,13H,14H2,1H3. The Balaban J connectivity index is 1.99. The number of pyridine rings is 1. The second kappa shape index (κ2) is 7.30. The zero-order valence-corrected chi connectivity index (χ0v) is 13.3. The summed E-state index contributed by atoms with van der Waals surface area (Å²) in [7, 11) is 1.62. The first-order valence-corrected chi connectivity index (χ1v) is 7.51. The molecule has 4 nitrogen and oxygen atoms in total. The Kier molecular flexibility index (Phi) is 4.73. The first-order chi connectivity index (χ1) is 11.8. The summed E-state index contributed by atoms with van der Waals surface area (Å²) in [5.74, 6) is 1.34. The summed E-state index contributed by atoms with van der Waals surface area (Å²) in [4.78, 5) is 4.17. The van der Waals surface area contributed by atoms with E-state index in [0.29, 0.717) is 23.7 Å². The van der Waals surface area contributed by atoms with E-state index in [0.717, 1.165) is 16.7 Å². The van der Waals surface area contributed by atoms with Gasteiger partial charge in [-0.25, -0.2) is 0 Å². The zero-order valence-electron chi connectivity index (χ0n) is 13.3. The summed E-state index contributed by atoms with van der Waals surface area (Å²) in [6, 6.07) is 19.2. The van der Waals surface area contributed by atoms with Crippen molar-refractivity contribution in [3.05, 3.63) is 78.1 Å². The molecule has 3 aromatic rings. The predicted molar refractivity (Wildman–Crippen MR) is 91.7 cm³/mol. The van der Waals surface area contributed by atoms with Gasteiger partial charge in [0.25, 0.3) is 0 Å². The monoisotopic (exact) mass is 316 g/mol. The van der Waals surface area contributed by atoms with E-state index in [1.165, 1.54) is 0 Å². The largest absolute Gasteiger partial charge is 0.496 e. The lowest BCUT2D eigenvalue weighted by molar-refractivity contribution is 0.307. The van der Waals surface area contributed by atoms with Gasteiger partial charge in [0.05, 0.1) is 18.7 Å². The number of nitriles is 1. The minimum Gasteiger partial charge on any atom is -0.496 e. The van der Waals surface area contributed by atoms with Crippen LogP contribution < -0.4 is 9.47 Å². The van der Waals surface area contributed by atoms with Crippen LogP contribution in [-0.4, -0.2) is 12.1 Å². The molecule has 24 heavy (non-hydrogen) atoms. The molecule has 118 valence electrons. The van der Waals surface area contributed by atoms with Gasteiger partial charge in [0.15, 0.2) is 0 Å². The van der Waals surface area contributed by atoms with Gasteiger partial charge < -0.3 is 9.47 Å². The number of methoxy groups -OCH3 is 1. The van der Waals surface area contributed by atoms with Crippen molar-refractivity contribution in [2.45, 2.75) is 6.61 Å². The average molecular weight is 316 g/mol. The lowest BCUT2D eigenvalue weighted by Crippen LogP contribution is -1.98. The second-order valence-electron chi connectivity index (χ2n) is 5.17. The Labute approximate surface area is 140 Å². The molecule has 3 rings (SSSR count). The fraction of sp³-hybridized carbons (Fsp3) is 0.100. The van der Waals surface area contributed by atoms with Crippen molar-refractivity contribution in [2.24, 2.45) is 0 Å². The molecule has 0 saturated heterocycles. The maximum absolute atomic E-state index is 9.17. The fourth-order valence-corrected chi connectivity index (χ4v) is 2.43. The molecule has 0 atom stereocenters. The van der Waals surface area contributed by atoms with Gasteiger partial charge in [-0.3, -0.25) is 4.98 Å². The van der Waals surface area contributed by atoms with Gasteiger partial charge in [-0.2, -0.15) is 5.26 Å². The molecule has 0 saturated carbocycles. The van der Waals surface area contributed by atoms with Crippen LogP contribution in [0.1, 0.15) is 11.1 Å². The summed E-state index contributed by atoms with van der Waals surface area (Å²) >= 11 is 0. The van der Waals surface area contributed by atoms with Crippen molar-refractivity contribution < 1.29 is 9.47 Å². The summed E-state index contributed by atoms with van der Waals surface area (Å²) in [6.45, 7) is 0.422. The Morgan fingerprint density at radius 1 is 1.00 bits per heavy atom. The average Bonchev–Trinajstić information content (AvgIpc) is 2.67. The van der Waals surface area contributed by atoms with E-state index in [-0.39, 0.29) is 0 Å². The summed E-state index contributed by atoms with van der Waals surface area (Å²) in [5.41, 5.74) is 3.27. The molecule has 0 fully saturated rings. The number of nitrogens with zero attached hydrogens (tertiary/aromatic N) is 2. The Morgan fingerprint density at radius 2 is 1.83 bits per heavy atom. The third-order valence-electron chi connectivity index (χ3n) is 3.64. The van der Waals surface area contributed by atoms with Crippen LogP contribution in [0.2, 0.25) is 0 Å². The first kappa shape index (κ1) is 15.6. The van der Waals surface area contributed by atoms with Crippen LogP contribution in [0.3, 0.4) is 0 Å². The van der Waals surface area contributed by atoms with E-state index in [1.54, 1.807) is 37.7 Å². The highest BCUT2D eigenvalue weighted by molar-refractivity contribution is 5.75. The minimum absolute atomic E-state index is 0.422. The van der Waals surface area contributed by atoms with E-state index in [4.69, 9.17) is 14.7 Å². The maximum atomic E-state index is 9.17. The molecule has 0 aliphatic carbocycles. The van der Waals surface area contributed by atoms with Gasteiger partial charge >= 0.3 is 0 Å². The van der Waals surface area contributed by atoms with Crippen LogP contribution in [-0.2, 0) is 6.61 Å². The van der Waals surface area contributed by atoms with Crippen LogP contribution in [0, 0.1) is 11.3 Å². The number of aromatic nitrogens is 1. The quantitative estimate of drug-likeness (QED) is 0.707. The fourth-order valence-electron chi connectivity index (χ4n) is 2.43. The molecule has 1 aromatic heterocycles. The molecule has 0 spiro atoms. The van der Waals surface area contributed by atoms with Gasteiger partial charge in [0.1, 0.15) is 18.1 Å². The number of hydrogen-bond donors (Lipinski definition) is 0. The Hall–Kier alpha value is -3.32. The van der Waals surface area contributed by atoms with Crippen LogP contribution in [0.15, 0.2) is 67.0 Å². The number of hydrogen-bond acceptors (Lipinski definition) is 4. The predicted octanol–water partition coefficient (Wildman–Crippen LogP) is 4.21. The topological polar surface area (TPSA) is 55.1 Å². The van der Waals surface area contributed by atoms with Crippen LogP contribution in [0.5, 0.6) is 11.5 Å². The number of ether oxygens (including phenoxy) is 2. The maximum Gasteiger partial charge on any atom is 0.129 e. The van der Waals surface area contributed by atoms with Gasteiger partial charge in [0.2, 0.25) is 0 Å². The molecule has 0 amide bonds. The highest BCUT2D eigenvalue weighted by atomic mass is 16.5. The molecule has 0 aliphatic rings. The van der Waals surface area contributed by atoms with Crippen molar-refractivity contribution in [1.29, 1.82) is 5.26 Å². The van der Waals surface area contributed by atoms with E-state index >= 15 is 0 Å². The third-order valence-corrected chi connectivity index (χ3v) is 3.64. The Bertz CT molecular complexity index is 870. The van der Waals surface area contributed by atoms with Gasteiger partial charge in [0, 0.05) is 23.5 Å². The van der Waals surface area contributed by atoms with Crippen molar-refractivity contribution in [3.8, 4) is 28.7 Å². The van der Waals surface area contributed by atoms with Crippen molar-refractivity contribution in [3.63, 3.8) is 0 Å². The Morgan fingerprint density at radius 3 is 2.58 bits per heavy atom. The van der Waals surface area contributed by atoms with Gasteiger partial charge in [-0.05, 0) is 29.8 Å². The van der Waals surface area contributed by atoms with E-state index in [2.05, 4.69) is 11.1 Å². The molecular weight excluding hydrogens is 300 g/mol. The van der Waals surface area contributed by atoms with Crippen LogP contribution >= 0.6 is 0 Å². The number of benzene rings is 2. The molecule has 1 heterocycles. The first-order valence-electron chi connectivity index (χ1n) is 7.51. The van der Waals surface area contributed by atoms with Gasteiger partial charge in [-0.1, -0.05) is 30.3 Å². The normalized spacial score (nSPS) is 10.0. The molecule has 0 bridgehead atoms. The summed E-state index contributed by atoms with van der Waals surface area (Å²) in [5, 5.41) is 9.17. The highest BCUT2D eigenvalue weighted by Gasteiger charge is 2.13.